The van der Waals surface area contributed by atoms with Crippen LogP contribution in [0.3, 0.4) is 0 Å². The van der Waals surface area contributed by atoms with Crippen molar-refractivity contribution in [3.8, 4) is 0 Å². The zero-order valence-electron chi connectivity index (χ0n) is 6.95. The summed E-state index contributed by atoms with van der Waals surface area (Å²) in [5.41, 5.74) is 2.28. The molecule has 0 N–H and O–H groups in total. The Kier molecular flexibility index (Phi) is 4.14. The molecule has 0 aliphatic rings. The number of halogens is 4. The van der Waals surface area contributed by atoms with E-state index in [0.717, 1.165) is 15.6 Å². The van der Waals surface area contributed by atoms with Gasteiger partial charge in [0, 0.05) is 10.5 Å². The van der Waals surface area contributed by atoms with E-state index < -0.39 is 6.00 Å². The maximum absolute atomic E-state index is 5.84. The summed E-state index contributed by atoms with van der Waals surface area (Å²) < 4.78 is 1.06. The zero-order valence-corrected chi connectivity index (χ0v) is 11.8. The third-order valence-corrected chi connectivity index (χ3v) is 4.17. The highest BCUT2D eigenvalue weighted by molar-refractivity contribution is 9.10. The van der Waals surface area contributed by atoms with Crippen LogP contribution < -0.4 is 0 Å². The van der Waals surface area contributed by atoms with Gasteiger partial charge in [-0.2, -0.15) is 0 Å². The zero-order chi connectivity index (χ0) is 10.1. The second kappa shape index (κ2) is 4.54. The summed E-state index contributed by atoms with van der Waals surface area (Å²) in [7, 11) is 0. The standard InChI is InChI=1S/C8H8BrCl3Si/c1-6-4-8(9)3-2-7(6)5-13(10,11)12/h2-4H,5H2,1H3. The number of hydrogen-bond acceptors (Lipinski definition) is 0. The van der Waals surface area contributed by atoms with Crippen LogP contribution in [0.5, 0.6) is 0 Å². The summed E-state index contributed by atoms with van der Waals surface area (Å²) in [4.78, 5) is 0. The average molecular weight is 319 g/mol. The molecule has 0 aromatic heterocycles. The largest absolute Gasteiger partial charge is 0.345 e. The molecule has 1 aromatic carbocycles. The molecule has 72 valence electrons. The molecular weight excluding hydrogens is 310 g/mol. The van der Waals surface area contributed by atoms with Crippen LogP contribution in [0.4, 0.5) is 0 Å². The summed E-state index contributed by atoms with van der Waals surface area (Å²) in [6.45, 7) is 2.02. The topological polar surface area (TPSA) is 0 Å². The molecule has 13 heavy (non-hydrogen) atoms. The Morgan fingerprint density at radius 2 is 1.92 bits per heavy atom. The van der Waals surface area contributed by atoms with E-state index >= 15 is 0 Å². The second-order valence-corrected chi connectivity index (χ2v) is 12.9. The number of aryl methyl sites for hydroxylation is 1. The molecule has 0 fully saturated rings. The molecule has 5 heteroatoms. The summed E-state index contributed by atoms with van der Waals surface area (Å²) in [5.74, 6) is 0. The van der Waals surface area contributed by atoms with E-state index in [1.54, 1.807) is 0 Å². The monoisotopic (exact) mass is 316 g/mol. The quantitative estimate of drug-likeness (QED) is 0.556. The molecular formula is C8H8BrCl3Si. The van der Waals surface area contributed by atoms with Crippen LogP contribution >= 0.6 is 49.2 Å². The van der Waals surface area contributed by atoms with Gasteiger partial charge in [-0.3, -0.25) is 0 Å². The molecule has 0 atom stereocenters. The van der Waals surface area contributed by atoms with Crippen molar-refractivity contribution in [2.75, 3.05) is 0 Å². The minimum atomic E-state index is -2.55. The molecule has 0 spiro atoms. The molecule has 0 saturated carbocycles. The summed E-state index contributed by atoms with van der Waals surface area (Å²) in [6, 6.07) is 4.02. The van der Waals surface area contributed by atoms with Crippen LogP contribution in [-0.2, 0) is 6.04 Å². The van der Waals surface area contributed by atoms with E-state index in [-0.39, 0.29) is 0 Å². The van der Waals surface area contributed by atoms with E-state index in [1.807, 2.05) is 25.1 Å². The Labute approximate surface area is 101 Å². The minimum absolute atomic E-state index is 0.580. The molecule has 1 rings (SSSR count). The number of rotatable bonds is 2. The van der Waals surface area contributed by atoms with Crippen LogP contribution in [0.1, 0.15) is 11.1 Å². The Morgan fingerprint density at radius 1 is 1.31 bits per heavy atom. The lowest BCUT2D eigenvalue weighted by Crippen LogP contribution is -2.15. The second-order valence-electron chi connectivity index (χ2n) is 2.86. The highest BCUT2D eigenvalue weighted by Gasteiger charge is 2.25. The lowest BCUT2D eigenvalue weighted by molar-refractivity contribution is 1.28. The van der Waals surface area contributed by atoms with Gasteiger partial charge in [0.15, 0.2) is 0 Å². The summed E-state index contributed by atoms with van der Waals surface area (Å²) >= 11 is 20.9. The molecule has 0 nitrogen and oxygen atoms in total. The van der Waals surface area contributed by atoms with Crippen molar-refractivity contribution in [1.29, 1.82) is 0 Å². The van der Waals surface area contributed by atoms with Crippen molar-refractivity contribution in [3.05, 3.63) is 33.8 Å². The fraction of sp³-hybridized carbons (Fsp3) is 0.250. The highest BCUT2D eigenvalue weighted by Crippen LogP contribution is 2.27. The number of hydrogen-bond donors (Lipinski definition) is 0. The molecule has 0 heterocycles. The average Bonchev–Trinajstić information content (AvgIpc) is 1.93. The van der Waals surface area contributed by atoms with Crippen LogP contribution in [0.15, 0.2) is 22.7 Å². The van der Waals surface area contributed by atoms with Crippen molar-refractivity contribution < 1.29 is 0 Å². The predicted molar refractivity (Wildman–Crippen MR) is 65.9 cm³/mol. The Morgan fingerprint density at radius 3 is 2.38 bits per heavy atom. The van der Waals surface area contributed by atoms with Gasteiger partial charge < -0.3 is 0 Å². The van der Waals surface area contributed by atoms with Gasteiger partial charge in [-0.25, -0.2) is 0 Å². The third kappa shape index (κ3) is 4.22. The molecule has 0 bridgehead atoms. The molecule has 0 radical (unpaired) electrons. The van der Waals surface area contributed by atoms with Crippen molar-refractivity contribution in [2.45, 2.75) is 13.0 Å². The van der Waals surface area contributed by atoms with Gasteiger partial charge in [0.05, 0.1) is 0 Å². The third-order valence-electron chi connectivity index (χ3n) is 1.70. The predicted octanol–water partition coefficient (Wildman–Crippen LogP) is 4.49. The molecule has 0 unspecified atom stereocenters. The first-order valence-corrected chi connectivity index (χ1v) is 9.74. The Bertz CT molecular complexity index is 309. The van der Waals surface area contributed by atoms with Gasteiger partial charge in [0.25, 0.3) is 0 Å². The van der Waals surface area contributed by atoms with Gasteiger partial charge in [0.2, 0.25) is 0 Å². The molecule has 0 amide bonds. The lowest BCUT2D eigenvalue weighted by atomic mass is 10.1. The summed E-state index contributed by atoms with van der Waals surface area (Å²) in [6.07, 6.45) is 0. The van der Waals surface area contributed by atoms with Crippen molar-refractivity contribution >= 4 is 55.2 Å². The van der Waals surface area contributed by atoms with E-state index in [2.05, 4.69) is 15.9 Å². The molecule has 0 aliphatic carbocycles. The van der Waals surface area contributed by atoms with Crippen LogP contribution in [0, 0.1) is 6.92 Å². The highest BCUT2D eigenvalue weighted by atomic mass is 79.9. The van der Waals surface area contributed by atoms with Gasteiger partial charge in [-0.05, 0) is 30.2 Å². The first kappa shape index (κ1) is 11.9. The minimum Gasteiger partial charge on any atom is -0.126 e. The first-order valence-electron chi connectivity index (χ1n) is 3.70. The van der Waals surface area contributed by atoms with Crippen LogP contribution in [0.25, 0.3) is 0 Å². The fourth-order valence-corrected chi connectivity index (χ4v) is 3.67. The summed E-state index contributed by atoms with van der Waals surface area (Å²) in [5, 5.41) is 0. The van der Waals surface area contributed by atoms with Crippen LogP contribution in [-0.4, -0.2) is 6.00 Å². The van der Waals surface area contributed by atoms with E-state index in [4.69, 9.17) is 33.2 Å². The fourth-order valence-electron chi connectivity index (χ4n) is 1.07. The molecule has 0 saturated heterocycles. The van der Waals surface area contributed by atoms with Crippen molar-refractivity contribution in [1.82, 2.24) is 0 Å². The van der Waals surface area contributed by atoms with E-state index in [0.29, 0.717) is 6.04 Å². The maximum Gasteiger partial charge on any atom is 0.345 e. The maximum atomic E-state index is 5.84. The smallest absolute Gasteiger partial charge is 0.126 e. The SMILES string of the molecule is Cc1cc(Br)ccc1C[Si](Cl)(Cl)Cl. The van der Waals surface area contributed by atoms with Crippen LogP contribution in [0.2, 0.25) is 0 Å². The van der Waals surface area contributed by atoms with E-state index in [1.165, 1.54) is 0 Å². The Hall–Kier alpha value is 0.787. The first-order chi connectivity index (χ1) is 5.88. The Balaban J connectivity index is 2.90. The van der Waals surface area contributed by atoms with E-state index in [9.17, 15) is 0 Å². The lowest BCUT2D eigenvalue weighted by Gasteiger charge is -2.10. The van der Waals surface area contributed by atoms with Gasteiger partial charge in [-0.15, -0.1) is 33.2 Å². The van der Waals surface area contributed by atoms with Gasteiger partial charge in [-0.1, -0.05) is 22.0 Å². The van der Waals surface area contributed by atoms with Crippen molar-refractivity contribution in [3.63, 3.8) is 0 Å². The van der Waals surface area contributed by atoms with Gasteiger partial charge >= 0.3 is 6.00 Å². The van der Waals surface area contributed by atoms with Crippen molar-refractivity contribution in [2.24, 2.45) is 0 Å². The molecule has 1 aromatic rings. The van der Waals surface area contributed by atoms with Gasteiger partial charge in [0.1, 0.15) is 0 Å². The normalized spacial score (nSPS) is 11.8. The molecule has 0 aliphatic heterocycles. The number of benzene rings is 1.